The molecular weight excluding hydrogens is 1060 g/mol. The van der Waals surface area contributed by atoms with Crippen molar-refractivity contribution in [3.8, 4) is 11.1 Å². The number of hydrogen-bond donors (Lipinski definition) is 12. The zero-order chi connectivity index (χ0) is 59.7. The van der Waals surface area contributed by atoms with Gasteiger partial charge in [0.05, 0.1) is 73.5 Å². The quantitative estimate of drug-likeness (QED) is 0.180. The third-order valence-corrected chi connectivity index (χ3v) is 15.6. The van der Waals surface area contributed by atoms with Crippen LogP contribution in [-0.4, -0.2) is 178 Å². The number of nitrogens with one attached hydrogen (secondary N) is 1. The number of alkyl carbamates (subject to hydrolysis) is 1. The Balaban J connectivity index is 1.19. The van der Waals surface area contributed by atoms with Crippen molar-refractivity contribution >= 4 is 18.0 Å². The Hall–Kier alpha value is -5.69. The highest BCUT2D eigenvalue weighted by Gasteiger charge is 2.51. The van der Waals surface area contributed by atoms with Gasteiger partial charge in [-0.3, -0.25) is 9.59 Å². The maximum absolute atomic E-state index is 13.5. The number of esters is 1. The molecule has 0 aromatic heterocycles. The summed E-state index contributed by atoms with van der Waals surface area (Å²) in [6.07, 6.45) is 0.660. The molecule has 20 nitrogen and oxygen atoms in total. The van der Waals surface area contributed by atoms with Crippen molar-refractivity contribution in [3.63, 3.8) is 0 Å². The molecule has 1 amide bonds. The molecule has 1 aliphatic carbocycles. The van der Waals surface area contributed by atoms with Crippen LogP contribution in [0.15, 0.2) is 134 Å². The van der Waals surface area contributed by atoms with Crippen molar-refractivity contribution in [3.05, 3.63) is 145 Å². The zero-order valence-corrected chi connectivity index (χ0v) is 46.7. The van der Waals surface area contributed by atoms with Crippen LogP contribution in [0.4, 0.5) is 4.79 Å². The van der Waals surface area contributed by atoms with E-state index >= 15 is 0 Å². The van der Waals surface area contributed by atoms with E-state index in [1.807, 2.05) is 61.5 Å². The van der Waals surface area contributed by atoms with Gasteiger partial charge >= 0.3 is 18.0 Å². The largest absolute Gasteiger partial charge is 0.481 e. The van der Waals surface area contributed by atoms with Gasteiger partial charge in [0.25, 0.3) is 0 Å². The first-order valence-electron chi connectivity index (χ1n) is 28.1. The molecule has 2 aromatic carbocycles. The Morgan fingerprint density at radius 3 is 1.80 bits per heavy atom. The molecule has 4 aliphatic rings. The lowest BCUT2D eigenvalue weighted by Gasteiger charge is -2.45. The highest BCUT2D eigenvalue weighted by molar-refractivity contribution is 5.79. The minimum Gasteiger partial charge on any atom is -0.481 e. The second-order valence-electron chi connectivity index (χ2n) is 22.0. The summed E-state index contributed by atoms with van der Waals surface area (Å²) in [7, 11) is 0. The van der Waals surface area contributed by atoms with Gasteiger partial charge in [-0.25, -0.2) is 4.79 Å². The van der Waals surface area contributed by atoms with Crippen LogP contribution >= 0.6 is 0 Å². The van der Waals surface area contributed by atoms with Gasteiger partial charge < -0.3 is 85.2 Å². The van der Waals surface area contributed by atoms with E-state index in [0.717, 1.165) is 22.3 Å². The number of aliphatic carboxylic acids is 1. The van der Waals surface area contributed by atoms with Crippen molar-refractivity contribution < 1.29 is 94.2 Å². The average Bonchev–Trinajstić information content (AvgIpc) is 3.16. The van der Waals surface area contributed by atoms with Crippen molar-refractivity contribution in [2.45, 2.75) is 182 Å². The number of benzene rings is 2. The number of carbonyl (C=O) groups is 3. The Bertz CT molecular complexity index is 2550. The summed E-state index contributed by atoms with van der Waals surface area (Å²) in [6, 6.07) is 14.2. The molecule has 450 valence electrons. The van der Waals surface area contributed by atoms with Crippen LogP contribution in [-0.2, 0) is 33.3 Å². The van der Waals surface area contributed by atoms with E-state index in [-0.39, 0.29) is 37.7 Å². The number of fused-ring (bicyclic) bond motifs is 5. The Kier molecular flexibility index (Phi) is 25.0. The monoisotopic (exact) mass is 1150 g/mol. The van der Waals surface area contributed by atoms with Gasteiger partial charge in [0.15, 0.2) is 12.1 Å². The van der Waals surface area contributed by atoms with E-state index in [1.165, 1.54) is 13.0 Å². The lowest BCUT2D eigenvalue weighted by atomic mass is 9.82. The predicted molar refractivity (Wildman–Crippen MR) is 301 cm³/mol. The van der Waals surface area contributed by atoms with Crippen LogP contribution in [0.2, 0.25) is 0 Å². The molecule has 0 saturated carbocycles. The lowest BCUT2D eigenvalue weighted by molar-refractivity contribution is -0.309. The number of aliphatic hydroxyl groups excluding tert-OH is 9. The summed E-state index contributed by atoms with van der Waals surface area (Å²) in [5, 5.41) is 124. The molecule has 3 aliphatic heterocycles. The van der Waals surface area contributed by atoms with Gasteiger partial charge in [0, 0.05) is 43.4 Å². The van der Waals surface area contributed by atoms with Crippen molar-refractivity contribution in [1.29, 1.82) is 0 Å². The molecule has 2 aromatic rings. The number of carboxylic acids is 1. The molecule has 6 rings (SSSR count). The van der Waals surface area contributed by atoms with Crippen molar-refractivity contribution in [2.75, 3.05) is 6.61 Å². The first kappa shape index (κ1) is 65.5. The molecule has 19 atom stereocenters. The minimum atomic E-state index is -2.40. The van der Waals surface area contributed by atoms with E-state index in [4.69, 9.17) is 23.7 Å². The molecule has 2 fully saturated rings. The number of ether oxygens (including phenoxy) is 5. The van der Waals surface area contributed by atoms with Crippen molar-refractivity contribution in [1.82, 2.24) is 5.32 Å². The maximum Gasteiger partial charge on any atom is 0.407 e. The molecule has 0 spiro atoms. The standard InChI is InChI=1S/C62H83NO19/c1-36-21-15-13-11-9-7-5-6-8-10-12-14-16-22-43(81-60-58(73)55(57(72)39(4)80-60)63-61(76)78-35-48-46-25-19-17-23-44(46)45-24-18-20-26-47(45)48)32-52-54(59(74)75)51(69)34-62(77,82-52)33-42(66)30-50(68)49(67)28-27-40(64)29-41(65)31-53(70)79-38(3)37(2)56(36)71/h5-26,36-43,48-52,54-58,60,64-69,71-73,77H,27-35H2,1-4H3,(H,63,76)(H,74,75)/b6-5+,9-7+,10-8+,13-11+,14-12+,21-15+,22-16+/t36-,37-,38-,39?,40+,41+,42-,43-,49+,50+,51-,52-,54+,55?,56+,57?,58?,60?,62+/m0/s1. The second-order valence-corrected chi connectivity index (χ2v) is 22.0. The number of carbonyl (C=O) groups excluding carboxylic acids is 2. The van der Waals surface area contributed by atoms with Crippen LogP contribution in [0, 0.1) is 17.8 Å². The number of allylic oxidation sites excluding steroid dienone is 12. The van der Waals surface area contributed by atoms with E-state index in [0.29, 0.717) is 0 Å². The molecule has 2 bridgehead atoms. The molecule has 12 N–H and O–H groups in total. The normalized spacial score (nSPS) is 38.9. The predicted octanol–water partition coefficient (Wildman–Crippen LogP) is 4.29. The molecule has 20 heteroatoms. The van der Waals surface area contributed by atoms with Crippen LogP contribution < -0.4 is 5.32 Å². The average molecular weight is 1150 g/mol. The summed E-state index contributed by atoms with van der Waals surface area (Å²) < 4.78 is 29.5. The fourth-order valence-corrected chi connectivity index (χ4v) is 10.9. The summed E-state index contributed by atoms with van der Waals surface area (Å²) in [5.41, 5.74) is 3.98. The number of carboxylic acid groups (broad SMARTS) is 1. The highest BCUT2D eigenvalue weighted by Crippen LogP contribution is 2.45. The summed E-state index contributed by atoms with van der Waals surface area (Å²) >= 11 is 0. The molecule has 3 heterocycles. The van der Waals surface area contributed by atoms with Gasteiger partial charge in [-0.2, -0.15) is 0 Å². The fourth-order valence-electron chi connectivity index (χ4n) is 10.9. The topological polar surface area (TPSA) is 332 Å². The van der Waals surface area contributed by atoms with E-state index in [9.17, 15) is 70.6 Å². The van der Waals surface area contributed by atoms with E-state index < -0.39 is 159 Å². The van der Waals surface area contributed by atoms with Gasteiger partial charge in [-0.15, -0.1) is 0 Å². The number of rotatable bonds is 6. The van der Waals surface area contributed by atoms with Crippen LogP contribution in [0.5, 0.6) is 0 Å². The second kappa shape index (κ2) is 31.3. The van der Waals surface area contributed by atoms with Crippen molar-refractivity contribution in [2.24, 2.45) is 17.8 Å². The summed E-state index contributed by atoms with van der Waals surface area (Å²) in [4.78, 5) is 39.0. The SMILES string of the molecule is CC1OC(O[C@H]2/C=C/C=C/C=C/C=C/C=C/C=C/C=C/[C@H](C)[C@@H](O)[C@@H](C)[C@H](C)OC(=O)C[C@H](O)C[C@H](O)CC[C@@H](O)[C@H](O)C[C@H](O)C[C@]3(O)C[C@H](O)[C@@H](C(=O)O)[C@H](C2)O3)C(O)C(NC(=O)OCC2c3ccccc3-c3ccccc32)C1O. The van der Waals surface area contributed by atoms with Crippen LogP contribution in [0.3, 0.4) is 0 Å². The highest BCUT2D eigenvalue weighted by atomic mass is 16.7. The molecule has 2 saturated heterocycles. The maximum atomic E-state index is 13.5. The first-order chi connectivity index (χ1) is 39.0. The summed E-state index contributed by atoms with van der Waals surface area (Å²) in [6.45, 7) is 6.64. The van der Waals surface area contributed by atoms with Gasteiger partial charge in [-0.05, 0) is 55.4 Å². The van der Waals surface area contributed by atoms with Crippen LogP contribution in [0.1, 0.15) is 96.1 Å². The van der Waals surface area contributed by atoms with E-state index in [1.54, 1.807) is 86.8 Å². The number of aliphatic hydroxyl groups is 10. The Morgan fingerprint density at radius 1 is 0.634 bits per heavy atom. The lowest BCUT2D eigenvalue weighted by Crippen LogP contribution is -2.64. The number of amides is 1. The molecule has 0 radical (unpaired) electrons. The van der Waals surface area contributed by atoms with Gasteiger partial charge in [-0.1, -0.05) is 147 Å². The molecule has 5 unspecified atom stereocenters. The fraction of sp³-hybridized carbons (Fsp3) is 0.532. The van der Waals surface area contributed by atoms with Gasteiger partial charge in [0.1, 0.15) is 30.8 Å². The molecular formula is C62H83NO19. The number of cyclic esters (lactones) is 1. The summed E-state index contributed by atoms with van der Waals surface area (Å²) in [5.74, 6) is -7.35. The minimum absolute atomic E-state index is 0.0562. The smallest absolute Gasteiger partial charge is 0.407 e. The Morgan fingerprint density at radius 2 is 1.21 bits per heavy atom. The number of hydrogen-bond acceptors (Lipinski definition) is 18. The third kappa shape index (κ3) is 18.7. The van der Waals surface area contributed by atoms with Gasteiger partial charge in [0.2, 0.25) is 0 Å². The zero-order valence-electron chi connectivity index (χ0n) is 46.7. The van der Waals surface area contributed by atoms with E-state index in [2.05, 4.69) is 5.32 Å². The third-order valence-electron chi connectivity index (χ3n) is 15.6. The molecule has 82 heavy (non-hydrogen) atoms. The first-order valence-corrected chi connectivity index (χ1v) is 28.1. The van der Waals surface area contributed by atoms with Crippen LogP contribution in [0.25, 0.3) is 11.1 Å². The Labute approximate surface area is 478 Å².